The predicted octanol–water partition coefficient (Wildman–Crippen LogP) is 3.77. The quantitative estimate of drug-likeness (QED) is 0.914. The molecule has 2 heteroatoms. The number of ether oxygens (including phenoxy) is 1. The summed E-state index contributed by atoms with van der Waals surface area (Å²) in [5.41, 5.74) is 4.85. The van der Waals surface area contributed by atoms with Crippen LogP contribution in [0.1, 0.15) is 41.2 Å². The largest absolute Gasteiger partial charge is 0.493 e. The molecule has 2 aromatic rings. The highest BCUT2D eigenvalue weighted by Crippen LogP contribution is 2.36. The average molecular weight is 268 g/mol. The molecule has 0 bridgehead atoms. The van der Waals surface area contributed by atoms with Gasteiger partial charge in [0.25, 0.3) is 0 Å². The summed E-state index contributed by atoms with van der Waals surface area (Å²) >= 11 is 0. The molecule has 0 aliphatic heterocycles. The molecule has 2 aromatic carbocycles. The molecule has 0 amide bonds. The fourth-order valence-corrected chi connectivity index (χ4v) is 2.83. The smallest absolute Gasteiger partial charge is 0.125 e. The normalized spacial score (nSPS) is 18.1. The maximum atomic E-state index is 9.84. The number of hydrogen-bond donors (Lipinski definition) is 1. The maximum absolute atomic E-state index is 9.84. The fraction of sp³-hybridized carbons (Fsp3) is 0.333. The molecule has 2 atom stereocenters. The molecule has 0 spiro atoms. The average Bonchev–Trinajstić information content (AvgIpc) is 2.41. The van der Waals surface area contributed by atoms with Crippen molar-refractivity contribution < 1.29 is 9.84 Å². The zero-order valence-electron chi connectivity index (χ0n) is 12.0. The molecule has 104 valence electrons. The van der Waals surface area contributed by atoms with Crippen molar-refractivity contribution in [2.75, 3.05) is 6.61 Å². The Labute approximate surface area is 120 Å². The zero-order chi connectivity index (χ0) is 14.1. The van der Waals surface area contributed by atoms with Crippen LogP contribution < -0.4 is 4.74 Å². The predicted molar refractivity (Wildman–Crippen MR) is 80.2 cm³/mol. The zero-order valence-corrected chi connectivity index (χ0v) is 12.0. The van der Waals surface area contributed by atoms with Crippen molar-refractivity contribution in [1.29, 1.82) is 0 Å². The van der Waals surface area contributed by atoms with E-state index in [9.17, 15) is 5.11 Å². The molecule has 0 heterocycles. The van der Waals surface area contributed by atoms with Crippen LogP contribution in [0.25, 0.3) is 0 Å². The second-order valence-corrected chi connectivity index (χ2v) is 5.63. The lowest BCUT2D eigenvalue weighted by molar-refractivity contribution is 0.188. The van der Waals surface area contributed by atoms with E-state index in [2.05, 4.69) is 24.3 Å². The number of rotatable bonds is 4. The van der Waals surface area contributed by atoms with E-state index in [1.807, 2.05) is 25.1 Å². The Hall–Kier alpha value is -1.80. The van der Waals surface area contributed by atoms with Crippen LogP contribution >= 0.6 is 0 Å². The van der Waals surface area contributed by atoms with Crippen LogP contribution in [0, 0.1) is 6.92 Å². The van der Waals surface area contributed by atoms with E-state index in [0.29, 0.717) is 12.5 Å². The molecule has 0 saturated carbocycles. The standard InChI is InChI=1S/C18H20O2/c1-12-7-8-18(17(9-12)13(2)19)20-11-15-10-14-5-3-4-6-16(14)15/h3-9,13,15,19H,10-11H2,1-2H3. The Bertz CT molecular complexity index is 617. The Morgan fingerprint density at radius 2 is 2.05 bits per heavy atom. The van der Waals surface area contributed by atoms with Gasteiger partial charge in [0.1, 0.15) is 5.75 Å². The van der Waals surface area contributed by atoms with Crippen molar-refractivity contribution in [1.82, 2.24) is 0 Å². The second kappa shape index (κ2) is 5.29. The highest BCUT2D eigenvalue weighted by Gasteiger charge is 2.26. The van der Waals surface area contributed by atoms with Gasteiger partial charge in [0.05, 0.1) is 12.7 Å². The third-order valence-electron chi connectivity index (χ3n) is 4.02. The number of aryl methyl sites for hydroxylation is 1. The highest BCUT2D eigenvalue weighted by molar-refractivity contribution is 5.41. The first-order valence-corrected chi connectivity index (χ1v) is 7.14. The van der Waals surface area contributed by atoms with E-state index in [1.54, 1.807) is 6.92 Å². The van der Waals surface area contributed by atoms with Gasteiger partial charge in [-0.3, -0.25) is 0 Å². The fourth-order valence-electron chi connectivity index (χ4n) is 2.83. The van der Waals surface area contributed by atoms with Crippen LogP contribution in [0.3, 0.4) is 0 Å². The summed E-state index contributed by atoms with van der Waals surface area (Å²) in [6.45, 7) is 4.48. The van der Waals surface area contributed by atoms with Crippen molar-refractivity contribution in [2.45, 2.75) is 32.3 Å². The van der Waals surface area contributed by atoms with Crippen LogP contribution in [0.15, 0.2) is 42.5 Å². The van der Waals surface area contributed by atoms with Crippen LogP contribution in [0.2, 0.25) is 0 Å². The molecule has 2 nitrogen and oxygen atoms in total. The van der Waals surface area contributed by atoms with Gasteiger partial charge in [-0.15, -0.1) is 0 Å². The maximum Gasteiger partial charge on any atom is 0.125 e. The molecule has 1 aliphatic rings. The number of benzene rings is 2. The minimum Gasteiger partial charge on any atom is -0.493 e. The van der Waals surface area contributed by atoms with Gasteiger partial charge in [-0.1, -0.05) is 35.9 Å². The summed E-state index contributed by atoms with van der Waals surface area (Å²) in [6.07, 6.45) is 0.588. The summed E-state index contributed by atoms with van der Waals surface area (Å²) in [5.74, 6) is 1.28. The summed E-state index contributed by atoms with van der Waals surface area (Å²) < 4.78 is 5.95. The van der Waals surface area contributed by atoms with E-state index in [-0.39, 0.29) is 0 Å². The van der Waals surface area contributed by atoms with E-state index < -0.39 is 6.10 Å². The summed E-state index contributed by atoms with van der Waals surface area (Å²) in [5, 5.41) is 9.84. The Balaban J connectivity index is 1.71. The molecule has 3 rings (SSSR count). The van der Waals surface area contributed by atoms with Gasteiger partial charge in [-0.05, 0) is 43.5 Å². The van der Waals surface area contributed by atoms with Crippen LogP contribution in [-0.4, -0.2) is 11.7 Å². The first kappa shape index (κ1) is 13.2. The van der Waals surface area contributed by atoms with Crippen molar-refractivity contribution in [3.05, 3.63) is 64.7 Å². The molecular weight excluding hydrogens is 248 g/mol. The molecule has 2 unspecified atom stereocenters. The first-order valence-electron chi connectivity index (χ1n) is 7.14. The monoisotopic (exact) mass is 268 g/mol. The van der Waals surface area contributed by atoms with Gasteiger partial charge < -0.3 is 9.84 Å². The van der Waals surface area contributed by atoms with E-state index in [4.69, 9.17) is 4.74 Å². The molecule has 20 heavy (non-hydrogen) atoms. The number of aliphatic hydroxyl groups is 1. The summed E-state index contributed by atoms with van der Waals surface area (Å²) in [4.78, 5) is 0. The number of aliphatic hydroxyl groups excluding tert-OH is 1. The molecule has 0 aromatic heterocycles. The number of hydrogen-bond acceptors (Lipinski definition) is 2. The molecule has 1 aliphatic carbocycles. The number of fused-ring (bicyclic) bond motifs is 1. The van der Waals surface area contributed by atoms with Crippen molar-refractivity contribution in [3.8, 4) is 5.75 Å². The Morgan fingerprint density at radius 3 is 2.80 bits per heavy atom. The van der Waals surface area contributed by atoms with Gasteiger partial charge in [-0.2, -0.15) is 0 Å². The molecule has 1 N–H and O–H groups in total. The van der Waals surface area contributed by atoms with Crippen molar-refractivity contribution in [2.24, 2.45) is 0 Å². The van der Waals surface area contributed by atoms with E-state index in [0.717, 1.165) is 23.3 Å². The SMILES string of the molecule is Cc1ccc(OCC2Cc3ccccc32)c(C(C)O)c1. The molecular formula is C18H20O2. The minimum atomic E-state index is -0.501. The van der Waals surface area contributed by atoms with Gasteiger partial charge in [-0.25, -0.2) is 0 Å². The van der Waals surface area contributed by atoms with Crippen molar-refractivity contribution in [3.63, 3.8) is 0 Å². The second-order valence-electron chi connectivity index (χ2n) is 5.63. The third-order valence-corrected chi connectivity index (χ3v) is 4.02. The van der Waals surface area contributed by atoms with Gasteiger partial charge in [0.2, 0.25) is 0 Å². The van der Waals surface area contributed by atoms with Crippen LogP contribution in [-0.2, 0) is 6.42 Å². The third kappa shape index (κ3) is 2.44. The van der Waals surface area contributed by atoms with E-state index in [1.165, 1.54) is 11.1 Å². The van der Waals surface area contributed by atoms with Crippen LogP contribution in [0.5, 0.6) is 5.75 Å². The summed E-state index contributed by atoms with van der Waals surface area (Å²) in [6, 6.07) is 14.5. The van der Waals surface area contributed by atoms with Gasteiger partial charge >= 0.3 is 0 Å². The lowest BCUT2D eigenvalue weighted by Gasteiger charge is -2.30. The summed E-state index contributed by atoms with van der Waals surface area (Å²) in [7, 11) is 0. The lowest BCUT2D eigenvalue weighted by atomic mass is 9.78. The van der Waals surface area contributed by atoms with Gasteiger partial charge in [0, 0.05) is 11.5 Å². The molecule has 0 radical (unpaired) electrons. The first-order chi connectivity index (χ1) is 9.65. The van der Waals surface area contributed by atoms with Crippen LogP contribution in [0.4, 0.5) is 0 Å². The molecule has 0 saturated heterocycles. The van der Waals surface area contributed by atoms with E-state index >= 15 is 0 Å². The van der Waals surface area contributed by atoms with Crippen molar-refractivity contribution >= 4 is 0 Å². The Morgan fingerprint density at radius 1 is 1.25 bits per heavy atom. The molecule has 0 fully saturated rings. The Kier molecular flexibility index (Phi) is 3.49. The minimum absolute atomic E-state index is 0.481. The van der Waals surface area contributed by atoms with Gasteiger partial charge in [0.15, 0.2) is 0 Å². The highest BCUT2D eigenvalue weighted by atomic mass is 16.5. The topological polar surface area (TPSA) is 29.5 Å². The lowest BCUT2D eigenvalue weighted by Crippen LogP contribution is -2.23.